The maximum atomic E-state index is 12.8. The molecule has 0 amide bonds. The largest absolute Gasteiger partial charge is 0.487 e. The van der Waals surface area contributed by atoms with Crippen LogP contribution in [0.15, 0.2) is 12.1 Å². The second-order valence-electron chi connectivity index (χ2n) is 10.2. The summed E-state index contributed by atoms with van der Waals surface area (Å²) in [6, 6.07) is 3.00. The van der Waals surface area contributed by atoms with Gasteiger partial charge in [-0.3, -0.25) is 9.59 Å². The highest BCUT2D eigenvalue weighted by molar-refractivity contribution is 7.81. The standard InChI is InChI=1S/C31H52O9S4/c1-2-14-35-16-18-37-26-22-28(39-30(33)9-5-3-7-24(43)11-20-41)29(23-27(26)38-19-17-36-15-13-32)40-31(34)10-6-4-8-25(44)12-21-42/h22-25,32,41-44H,2-21H2,1H3. The summed E-state index contributed by atoms with van der Waals surface area (Å²) in [6.07, 6.45) is 7.81. The van der Waals surface area contributed by atoms with Gasteiger partial charge in [0.05, 0.1) is 26.4 Å². The Kier molecular flexibility index (Phi) is 25.4. The monoisotopic (exact) mass is 696 g/mol. The smallest absolute Gasteiger partial charge is 0.311 e. The number of aliphatic hydroxyl groups excluding tert-OH is 1. The molecule has 0 aliphatic heterocycles. The first-order valence-electron chi connectivity index (χ1n) is 15.5. The zero-order valence-electron chi connectivity index (χ0n) is 26.0. The first kappa shape index (κ1) is 41.1. The fraction of sp³-hybridized carbons (Fsp3) is 0.742. The number of unbranched alkanes of at least 4 members (excludes halogenated alkanes) is 2. The average molecular weight is 697 g/mol. The number of hydrogen-bond donors (Lipinski definition) is 5. The van der Waals surface area contributed by atoms with Crippen LogP contribution >= 0.6 is 50.5 Å². The minimum atomic E-state index is -0.449. The van der Waals surface area contributed by atoms with Crippen molar-refractivity contribution in [1.82, 2.24) is 0 Å². The van der Waals surface area contributed by atoms with Crippen molar-refractivity contribution >= 4 is 62.5 Å². The van der Waals surface area contributed by atoms with E-state index in [0.717, 1.165) is 56.5 Å². The predicted octanol–water partition coefficient (Wildman–Crippen LogP) is 6.05. The second kappa shape index (κ2) is 27.2. The molecule has 0 aromatic heterocycles. The summed E-state index contributed by atoms with van der Waals surface area (Å²) in [7, 11) is 0. The van der Waals surface area contributed by atoms with Gasteiger partial charge in [-0.25, -0.2) is 0 Å². The number of carbonyl (C=O) groups is 2. The first-order chi connectivity index (χ1) is 21.3. The van der Waals surface area contributed by atoms with Gasteiger partial charge in [0.25, 0.3) is 0 Å². The summed E-state index contributed by atoms with van der Waals surface area (Å²) < 4.78 is 34.0. The SMILES string of the molecule is CCCOCCOc1cc(OC(=O)CCCCC(S)CCS)c(OC(=O)CCCCC(S)CCS)cc1OCCOCCO. The molecule has 0 aliphatic rings. The van der Waals surface area contributed by atoms with E-state index in [9.17, 15) is 9.59 Å². The van der Waals surface area contributed by atoms with E-state index in [-0.39, 0.29) is 67.9 Å². The van der Waals surface area contributed by atoms with Crippen molar-refractivity contribution in [2.45, 2.75) is 88.1 Å². The zero-order valence-corrected chi connectivity index (χ0v) is 29.5. The molecule has 1 N–H and O–H groups in total. The summed E-state index contributed by atoms with van der Waals surface area (Å²) in [5.41, 5.74) is 0. The normalized spacial score (nSPS) is 12.5. The van der Waals surface area contributed by atoms with E-state index in [4.69, 9.17) is 33.5 Å². The van der Waals surface area contributed by atoms with Crippen LogP contribution in [0.2, 0.25) is 0 Å². The third kappa shape index (κ3) is 20.2. The highest BCUT2D eigenvalue weighted by Crippen LogP contribution is 2.40. The molecule has 1 aromatic rings. The van der Waals surface area contributed by atoms with Crippen molar-refractivity contribution in [2.24, 2.45) is 0 Å². The maximum absolute atomic E-state index is 12.8. The molecule has 0 spiro atoms. The Hall–Kier alpha value is -0.960. The molecule has 0 saturated carbocycles. The molecule has 9 nitrogen and oxygen atoms in total. The van der Waals surface area contributed by atoms with Gasteiger partial charge in [0.2, 0.25) is 0 Å². The second-order valence-corrected chi connectivity index (χ2v) is 12.5. The molecule has 2 atom stereocenters. The summed E-state index contributed by atoms with van der Waals surface area (Å²) in [5, 5.41) is 9.45. The minimum absolute atomic E-state index is 0.0653. The lowest BCUT2D eigenvalue weighted by atomic mass is 10.1. The van der Waals surface area contributed by atoms with Gasteiger partial charge in [-0.1, -0.05) is 19.8 Å². The molecular formula is C31H52O9S4. The van der Waals surface area contributed by atoms with Crippen LogP contribution in [0, 0.1) is 0 Å². The molecule has 2 unspecified atom stereocenters. The lowest BCUT2D eigenvalue weighted by molar-refractivity contribution is -0.137. The quantitative estimate of drug-likeness (QED) is 0.0310. The van der Waals surface area contributed by atoms with Crippen LogP contribution < -0.4 is 18.9 Å². The van der Waals surface area contributed by atoms with E-state index in [1.807, 2.05) is 6.92 Å². The van der Waals surface area contributed by atoms with E-state index in [0.29, 0.717) is 37.6 Å². The number of hydrogen-bond acceptors (Lipinski definition) is 13. The number of carbonyl (C=O) groups excluding carboxylic acids is 2. The van der Waals surface area contributed by atoms with Crippen LogP contribution in [0.3, 0.4) is 0 Å². The molecule has 254 valence electrons. The van der Waals surface area contributed by atoms with Gasteiger partial charge >= 0.3 is 11.9 Å². The van der Waals surface area contributed by atoms with E-state index < -0.39 is 11.9 Å². The lowest BCUT2D eigenvalue weighted by Gasteiger charge is -2.17. The molecule has 13 heteroatoms. The Morgan fingerprint density at radius 1 is 0.659 bits per heavy atom. The van der Waals surface area contributed by atoms with Crippen LogP contribution in [-0.2, 0) is 19.1 Å². The van der Waals surface area contributed by atoms with Gasteiger partial charge in [-0.2, -0.15) is 50.5 Å². The number of aliphatic hydroxyl groups is 1. The van der Waals surface area contributed by atoms with Gasteiger partial charge < -0.3 is 33.5 Å². The van der Waals surface area contributed by atoms with Crippen molar-refractivity contribution < 1.29 is 43.1 Å². The van der Waals surface area contributed by atoms with Crippen LogP contribution in [-0.4, -0.2) is 85.3 Å². The Labute approximate surface area is 285 Å². The number of benzene rings is 1. The van der Waals surface area contributed by atoms with Crippen molar-refractivity contribution in [1.29, 1.82) is 0 Å². The molecule has 1 aromatic carbocycles. The highest BCUT2D eigenvalue weighted by atomic mass is 32.1. The molecule has 44 heavy (non-hydrogen) atoms. The maximum Gasteiger partial charge on any atom is 0.311 e. The lowest BCUT2D eigenvalue weighted by Crippen LogP contribution is -2.14. The summed E-state index contributed by atoms with van der Waals surface area (Å²) in [5.74, 6) is 1.39. The van der Waals surface area contributed by atoms with Crippen LogP contribution in [0.25, 0.3) is 0 Å². The molecular weight excluding hydrogens is 645 g/mol. The van der Waals surface area contributed by atoms with Crippen LogP contribution in [0.4, 0.5) is 0 Å². The summed E-state index contributed by atoms with van der Waals surface area (Å²) >= 11 is 17.6. The van der Waals surface area contributed by atoms with E-state index in [2.05, 4.69) is 50.5 Å². The average Bonchev–Trinajstić information content (AvgIpc) is 2.99. The summed E-state index contributed by atoms with van der Waals surface area (Å²) in [6.45, 7) is 3.70. The highest BCUT2D eigenvalue weighted by Gasteiger charge is 2.20. The van der Waals surface area contributed by atoms with E-state index in [1.165, 1.54) is 12.1 Å². The molecule has 1 rings (SSSR count). The fourth-order valence-electron chi connectivity index (χ4n) is 3.97. The van der Waals surface area contributed by atoms with Gasteiger partial charge in [-0.05, 0) is 56.5 Å². The third-order valence-corrected chi connectivity index (χ3v) is 7.82. The number of thiol groups is 4. The molecule has 0 aliphatic carbocycles. The van der Waals surface area contributed by atoms with Crippen molar-refractivity contribution in [3.63, 3.8) is 0 Å². The topological polar surface area (TPSA) is 110 Å². The van der Waals surface area contributed by atoms with Gasteiger partial charge in [-0.15, -0.1) is 0 Å². The van der Waals surface area contributed by atoms with Gasteiger partial charge in [0.15, 0.2) is 23.0 Å². The van der Waals surface area contributed by atoms with Gasteiger partial charge in [0, 0.05) is 42.1 Å². The molecule has 0 fully saturated rings. The Morgan fingerprint density at radius 2 is 1.11 bits per heavy atom. The predicted molar refractivity (Wildman–Crippen MR) is 187 cm³/mol. The number of ether oxygens (including phenoxy) is 6. The van der Waals surface area contributed by atoms with Crippen LogP contribution in [0.5, 0.6) is 23.0 Å². The minimum Gasteiger partial charge on any atom is -0.487 e. The Bertz CT molecular complexity index is 836. The van der Waals surface area contributed by atoms with Crippen molar-refractivity contribution in [3.8, 4) is 23.0 Å². The van der Waals surface area contributed by atoms with Crippen LogP contribution in [0.1, 0.15) is 77.6 Å². The summed E-state index contributed by atoms with van der Waals surface area (Å²) in [4.78, 5) is 25.6. The van der Waals surface area contributed by atoms with Gasteiger partial charge in [0.1, 0.15) is 13.2 Å². The zero-order chi connectivity index (χ0) is 32.4. The number of esters is 2. The third-order valence-electron chi connectivity index (χ3n) is 6.27. The molecule has 0 heterocycles. The van der Waals surface area contributed by atoms with Crippen molar-refractivity contribution in [3.05, 3.63) is 12.1 Å². The molecule has 0 saturated heterocycles. The molecule has 0 radical (unpaired) electrons. The first-order valence-corrected chi connectivity index (χ1v) is 17.8. The Balaban J connectivity index is 3.04. The van der Waals surface area contributed by atoms with Crippen molar-refractivity contribution in [2.75, 3.05) is 57.8 Å². The van der Waals surface area contributed by atoms with E-state index >= 15 is 0 Å². The Morgan fingerprint density at radius 3 is 1.52 bits per heavy atom. The van der Waals surface area contributed by atoms with E-state index in [1.54, 1.807) is 0 Å². The fourth-order valence-corrected chi connectivity index (χ4v) is 5.63. The molecule has 0 bridgehead atoms. The number of rotatable bonds is 28.